The van der Waals surface area contributed by atoms with Crippen LogP contribution in [0.1, 0.15) is 32.1 Å². The molecule has 0 atom stereocenters. The number of carbonyl (C=O) groups excluding carboxylic acids is 1. The quantitative estimate of drug-likeness (QED) is 0.569. The summed E-state index contributed by atoms with van der Waals surface area (Å²) in [5, 5.41) is 16.8. The summed E-state index contributed by atoms with van der Waals surface area (Å²) in [5.74, 6) is -0.0559. The minimum Gasteiger partial charge on any atom is -0.384 e. The summed E-state index contributed by atoms with van der Waals surface area (Å²) in [6, 6.07) is 4.06. The number of rotatable bonds is 7. The van der Waals surface area contributed by atoms with Crippen LogP contribution in [0.15, 0.2) is 23.1 Å². The lowest BCUT2D eigenvalue weighted by Gasteiger charge is -2.12. The minimum absolute atomic E-state index is 0.0559. The lowest BCUT2D eigenvalue weighted by molar-refractivity contribution is -0.387. The average molecular weight is 355 g/mol. The van der Waals surface area contributed by atoms with Crippen LogP contribution < -0.4 is 10.6 Å². The molecule has 1 amide bonds. The molecule has 2 N–H and O–H groups in total. The third-order valence-electron chi connectivity index (χ3n) is 3.96. The van der Waals surface area contributed by atoms with Crippen LogP contribution in [0.5, 0.6) is 0 Å². The van der Waals surface area contributed by atoms with Crippen molar-refractivity contribution in [2.24, 2.45) is 0 Å². The normalized spacial score (nSPS) is 15.2. The van der Waals surface area contributed by atoms with E-state index in [0.29, 0.717) is 12.2 Å². The molecule has 1 aromatic rings. The Kier molecular flexibility index (Phi) is 5.76. The molecule has 0 saturated heterocycles. The number of hydrogen-bond donors (Lipinski definition) is 2. The van der Waals surface area contributed by atoms with Crippen molar-refractivity contribution in [3.63, 3.8) is 0 Å². The number of benzene rings is 1. The van der Waals surface area contributed by atoms with Gasteiger partial charge >= 0.3 is 0 Å². The van der Waals surface area contributed by atoms with Gasteiger partial charge in [-0.2, -0.15) is 0 Å². The Hall–Kier alpha value is -2.16. The molecular formula is C15H21N3O5S. The van der Waals surface area contributed by atoms with Crippen molar-refractivity contribution in [1.29, 1.82) is 0 Å². The molecule has 1 aliphatic rings. The minimum atomic E-state index is -3.72. The zero-order valence-corrected chi connectivity index (χ0v) is 14.3. The lowest BCUT2D eigenvalue weighted by atomic mass is 10.2. The van der Waals surface area contributed by atoms with Gasteiger partial charge in [-0.3, -0.25) is 14.9 Å². The largest absolute Gasteiger partial charge is 0.384 e. The first-order valence-electron chi connectivity index (χ1n) is 7.79. The summed E-state index contributed by atoms with van der Waals surface area (Å²) in [7, 11) is -3.72. The molecule has 1 saturated carbocycles. The highest BCUT2D eigenvalue weighted by atomic mass is 32.2. The van der Waals surface area contributed by atoms with Crippen LogP contribution in [0.2, 0.25) is 0 Å². The van der Waals surface area contributed by atoms with Crippen molar-refractivity contribution in [2.45, 2.75) is 43.0 Å². The second kappa shape index (κ2) is 7.61. The van der Waals surface area contributed by atoms with Gasteiger partial charge in [0.15, 0.2) is 9.84 Å². The van der Waals surface area contributed by atoms with Crippen LogP contribution in [-0.4, -0.2) is 38.1 Å². The number of nitro benzene ring substituents is 1. The Balaban J connectivity index is 1.95. The monoisotopic (exact) mass is 355 g/mol. The van der Waals surface area contributed by atoms with Crippen LogP contribution in [0.25, 0.3) is 0 Å². The number of hydrogen-bond acceptors (Lipinski definition) is 6. The maximum absolute atomic E-state index is 11.8. The number of nitrogens with one attached hydrogen (secondary N) is 2. The fraction of sp³-hybridized carbons (Fsp3) is 0.533. The fourth-order valence-electron chi connectivity index (χ4n) is 2.76. The third kappa shape index (κ3) is 4.92. The zero-order chi connectivity index (χ0) is 17.7. The summed E-state index contributed by atoms with van der Waals surface area (Å²) in [6.07, 6.45) is 5.48. The molecule has 0 heterocycles. The second-order valence-corrected chi connectivity index (χ2v) is 7.92. The van der Waals surface area contributed by atoms with E-state index in [2.05, 4.69) is 10.6 Å². The van der Waals surface area contributed by atoms with Crippen molar-refractivity contribution in [1.82, 2.24) is 5.32 Å². The van der Waals surface area contributed by atoms with Gasteiger partial charge in [0.1, 0.15) is 4.90 Å². The van der Waals surface area contributed by atoms with Crippen molar-refractivity contribution in [2.75, 3.05) is 18.1 Å². The first-order chi connectivity index (χ1) is 11.3. The predicted molar refractivity (Wildman–Crippen MR) is 89.7 cm³/mol. The molecule has 0 radical (unpaired) electrons. The maximum atomic E-state index is 11.8. The van der Waals surface area contributed by atoms with Crippen molar-refractivity contribution < 1.29 is 18.1 Å². The van der Waals surface area contributed by atoms with Gasteiger partial charge in [-0.05, 0) is 25.0 Å². The van der Waals surface area contributed by atoms with Crippen molar-refractivity contribution in [3.8, 4) is 0 Å². The third-order valence-corrected chi connectivity index (χ3v) is 5.08. The molecule has 0 spiro atoms. The zero-order valence-electron chi connectivity index (χ0n) is 13.4. The van der Waals surface area contributed by atoms with E-state index < -0.39 is 20.4 Å². The van der Waals surface area contributed by atoms with Gasteiger partial charge in [-0.25, -0.2) is 8.42 Å². The molecule has 1 aliphatic carbocycles. The highest BCUT2D eigenvalue weighted by molar-refractivity contribution is 7.90. The summed E-state index contributed by atoms with van der Waals surface area (Å²) in [4.78, 5) is 21.7. The maximum Gasteiger partial charge on any atom is 0.288 e. The standard InChI is InChI=1S/C15H21N3O5S/c1-24(22,23)14-10-12(6-7-13(14)18(20)21)16-9-8-15(19)17-11-4-2-3-5-11/h6-7,10-11,16H,2-5,8-9H2,1H3,(H,17,19). The van der Waals surface area contributed by atoms with E-state index in [4.69, 9.17) is 0 Å². The van der Waals surface area contributed by atoms with Crippen LogP contribution in [0, 0.1) is 10.1 Å². The predicted octanol–water partition coefficient (Wildman–Crippen LogP) is 1.86. The summed E-state index contributed by atoms with van der Waals surface area (Å²) in [5.41, 5.74) is -0.0308. The molecule has 2 rings (SSSR count). The van der Waals surface area contributed by atoms with Gasteiger partial charge in [-0.15, -0.1) is 0 Å². The van der Waals surface area contributed by atoms with Gasteiger partial charge in [0, 0.05) is 37.0 Å². The highest BCUT2D eigenvalue weighted by Gasteiger charge is 2.22. The fourth-order valence-corrected chi connectivity index (χ4v) is 3.63. The van der Waals surface area contributed by atoms with Gasteiger partial charge in [0.2, 0.25) is 5.91 Å². The highest BCUT2D eigenvalue weighted by Crippen LogP contribution is 2.27. The Morgan fingerprint density at radius 3 is 2.58 bits per heavy atom. The van der Waals surface area contributed by atoms with Gasteiger partial charge in [0.05, 0.1) is 4.92 Å². The van der Waals surface area contributed by atoms with E-state index in [-0.39, 0.29) is 23.3 Å². The molecular weight excluding hydrogens is 334 g/mol. The molecule has 24 heavy (non-hydrogen) atoms. The Bertz CT molecular complexity index is 727. The smallest absolute Gasteiger partial charge is 0.288 e. The van der Waals surface area contributed by atoms with Gasteiger partial charge < -0.3 is 10.6 Å². The topological polar surface area (TPSA) is 118 Å². The van der Waals surface area contributed by atoms with E-state index in [1.165, 1.54) is 12.1 Å². The number of sulfone groups is 1. The van der Waals surface area contributed by atoms with Crippen molar-refractivity contribution >= 4 is 27.1 Å². The molecule has 0 aliphatic heterocycles. The Morgan fingerprint density at radius 1 is 1.33 bits per heavy atom. The molecule has 0 aromatic heterocycles. The van der Waals surface area contributed by atoms with Crippen molar-refractivity contribution in [3.05, 3.63) is 28.3 Å². The molecule has 132 valence electrons. The second-order valence-electron chi connectivity index (χ2n) is 5.94. The number of nitro groups is 1. The number of amides is 1. The Morgan fingerprint density at radius 2 is 2.00 bits per heavy atom. The van der Waals surface area contributed by atoms with Crippen LogP contribution >= 0.6 is 0 Å². The first kappa shape index (κ1) is 18.2. The number of nitrogens with zero attached hydrogens (tertiary/aromatic N) is 1. The van der Waals surface area contributed by atoms with E-state index >= 15 is 0 Å². The molecule has 1 aromatic carbocycles. The van der Waals surface area contributed by atoms with E-state index in [1.54, 1.807) is 0 Å². The van der Waals surface area contributed by atoms with Gasteiger partial charge in [0.25, 0.3) is 5.69 Å². The van der Waals surface area contributed by atoms with E-state index in [9.17, 15) is 23.3 Å². The average Bonchev–Trinajstić information content (AvgIpc) is 2.99. The lowest BCUT2D eigenvalue weighted by Crippen LogP contribution is -2.33. The summed E-state index contributed by atoms with van der Waals surface area (Å²) in [6.45, 7) is 0.319. The molecule has 8 nitrogen and oxygen atoms in total. The first-order valence-corrected chi connectivity index (χ1v) is 9.68. The summed E-state index contributed by atoms with van der Waals surface area (Å²) < 4.78 is 23.4. The molecule has 0 bridgehead atoms. The van der Waals surface area contributed by atoms with E-state index in [1.807, 2.05) is 0 Å². The van der Waals surface area contributed by atoms with Gasteiger partial charge in [-0.1, -0.05) is 12.8 Å². The van der Waals surface area contributed by atoms with Crippen LogP contribution in [0.3, 0.4) is 0 Å². The van der Waals surface area contributed by atoms with Crippen LogP contribution in [-0.2, 0) is 14.6 Å². The summed E-state index contributed by atoms with van der Waals surface area (Å²) >= 11 is 0. The van der Waals surface area contributed by atoms with E-state index in [0.717, 1.165) is 38.0 Å². The molecule has 1 fully saturated rings. The van der Waals surface area contributed by atoms with Crippen LogP contribution in [0.4, 0.5) is 11.4 Å². The molecule has 9 heteroatoms. The SMILES string of the molecule is CS(=O)(=O)c1cc(NCCC(=O)NC2CCCC2)ccc1[N+](=O)[O-]. The molecule has 0 unspecified atom stereocenters. The Labute approximate surface area is 140 Å². The number of anilines is 1. The number of carbonyl (C=O) groups is 1.